The van der Waals surface area contributed by atoms with Crippen LogP contribution in [0.2, 0.25) is 5.02 Å². The molecule has 3 rings (SSSR count). The molecule has 1 saturated heterocycles. The van der Waals surface area contributed by atoms with Crippen LogP contribution in [-0.2, 0) is 7.05 Å². The van der Waals surface area contributed by atoms with Crippen molar-refractivity contribution >= 4 is 11.6 Å². The van der Waals surface area contributed by atoms with Crippen LogP contribution in [0.1, 0.15) is 30.3 Å². The molecule has 0 saturated carbocycles. The molecule has 1 aromatic carbocycles. The second kappa shape index (κ2) is 7.47. The molecule has 1 N–H and O–H groups in total. The van der Waals surface area contributed by atoms with Crippen molar-refractivity contribution < 1.29 is 0 Å². The van der Waals surface area contributed by atoms with E-state index >= 15 is 0 Å². The first-order valence-corrected chi connectivity index (χ1v) is 8.66. The first-order valence-electron chi connectivity index (χ1n) is 8.28. The number of halogens is 1. The SMILES string of the molecule is CN1CCC[C@H](CN[C@H](c2ccccc2Cl)c2nccn2C)C1. The molecule has 23 heavy (non-hydrogen) atoms. The van der Waals surface area contributed by atoms with Crippen LogP contribution in [0.5, 0.6) is 0 Å². The number of nitrogens with zero attached hydrogens (tertiary/aromatic N) is 3. The molecule has 1 aromatic heterocycles. The maximum absolute atomic E-state index is 6.45. The highest BCUT2D eigenvalue weighted by atomic mass is 35.5. The van der Waals surface area contributed by atoms with Gasteiger partial charge in [-0.05, 0) is 44.0 Å². The smallest absolute Gasteiger partial charge is 0.130 e. The third-order valence-electron chi connectivity index (χ3n) is 4.67. The average Bonchev–Trinajstić information content (AvgIpc) is 2.95. The number of imidazole rings is 1. The van der Waals surface area contributed by atoms with Crippen LogP contribution in [-0.4, -0.2) is 41.1 Å². The molecule has 4 nitrogen and oxygen atoms in total. The highest BCUT2D eigenvalue weighted by Crippen LogP contribution is 2.27. The Kier molecular flexibility index (Phi) is 5.36. The maximum atomic E-state index is 6.45. The first-order chi connectivity index (χ1) is 11.1. The number of hydrogen-bond acceptors (Lipinski definition) is 3. The predicted molar refractivity (Wildman–Crippen MR) is 94.7 cm³/mol. The lowest BCUT2D eigenvalue weighted by Crippen LogP contribution is -2.39. The number of rotatable bonds is 5. The third kappa shape index (κ3) is 3.94. The zero-order valence-electron chi connectivity index (χ0n) is 13.9. The molecule has 5 heteroatoms. The fraction of sp³-hybridized carbons (Fsp3) is 0.500. The standard InChI is InChI=1S/C18H25ClN4/c1-22-10-5-6-14(13-22)12-21-17(18-20-9-11-23(18)2)15-7-3-4-8-16(15)19/h3-4,7-9,11,14,17,21H,5-6,10,12-13H2,1-2H3/t14-,17-/m1/s1. The molecular formula is C18H25ClN4. The Morgan fingerprint density at radius 2 is 2.17 bits per heavy atom. The van der Waals surface area contributed by atoms with E-state index < -0.39 is 0 Å². The van der Waals surface area contributed by atoms with Gasteiger partial charge in [-0.3, -0.25) is 0 Å². The van der Waals surface area contributed by atoms with Crippen molar-refractivity contribution in [1.82, 2.24) is 19.8 Å². The molecule has 1 fully saturated rings. The van der Waals surface area contributed by atoms with E-state index in [1.54, 1.807) is 0 Å². The van der Waals surface area contributed by atoms with E-state index in [9.17, 15) is 0 Å². The van der Waals surface area contributed by atoms with Gasteiger partial charge < -0.3 is 14.8 Å². The molecule has 2 heterocycles. The first kappa shape index (κ1) is 16.5. The summed E-state index contributed by atoms with van der Waals surface area (Å²) in [5.74, 6) is 1.68. The Morgan fingerprint density at radius 3 is 2.87 bits per heavy atom. The molecule has 0 amide bonds. The lowest BCUT2D eigenvalue weighted by Gasteiger charge is -2.31. The lowest BCUT2D eigenvalue weighted by molar-refractivity contribution is 0.204. The van der Waals surface area contributed by atoms with E-state index in [4.69, 9.17) is 11.6 Å². The second-order valence-electron chi connectivity index (χ2n) is 6.53. The van der Waals surface area contributed by atoms with E-state index in [1.165, 1.54) is 19.4 Å². The van der Waals surface area contributed by atoms with Gasteiger partial charge in [0.05, 0.1) is 6.04 Å². The summed E-state index contributed by atoms with van der Waals surface area (Å²) in [6, 6.07) is 8.06. The van der Waals surface area contributed by atoms with Gasteiger partial charge in [0.15, 0.2) is 0 Å². The zero-order chi connectivity index (χ0) is 16.2. The van der Waals surface area contributed by atoms with Crippen molar-refractivity contribution in [3.05, 3.63) is 53.1 Å². The van der Waals surface area contributed by atoms with Crippen LogP contribution in [0.4, 0.5) is 0 Å². The largest absolute Gasteiger partial charge is 0.336 e. The highest BCUT2D eigenvalue weighted by molar-refractivity contribution is 6.31. The summed E-state index contributed by atoms with van der Waals surface area (Å²) < 4.78 is 2.06. The number of hydrogen-bond donors (Lipinski definition) is 1. The highest BCUT2D eigenvalue weighted by Gasteiger charge is 2.23. The number of aromatic nitrogens is 2. The summed E-state index contributed by atoms with van der Waals surface area (Å²) in [5, 5.41) is 4.50. The van der Waals surface area contributed by atoms with Gasteiger partial charge in [-0.15, -0.1) is 0 Å². The Bertz CT molecular complexity index is 639. The van der Waals surface area contributed by atoms with E-state index in [2.05, 4.69) is 32.9 Å². The minimum absolute atomic E-state index is 0.0240. The summed E-state index contributed by atoms with van der Waals surface area (Å²) in [7, 11) is 4.23. The van der Waals surface area contributed by atoms with Crippen molar-refractivity contribution in [1.29, 1.82) is 0 Å². The minimum Gasteiger partial charge on any atom is -0.336 e. The molecular weight excluding hydrogens is 308 g/mol. The Labute approximate surface area is 143 Å². The Hall–Kier alpha value is -1.36. The fourth-order valence-electron chi connectivity index (χ4n) is 3.43. The summed E-state index contributed by atoms with van der Waals surface area (Å²) >= 11 is 6.45. The second-order valence-corrected chi connectivity index (χ2v) is 6.94. The molecule has 2 atom stereocenters. The van der Waals surface area contributed by atoms with Gasteiger partial charge >= 0.3 is 0 Å². The van der Waals surface area contributed by atoms with Crippen molar-refractivity contribution in [2.24, 2.45) is 13.0 Å². The molecule has 0 bridgehead atoms. The van der Waals surface area contributed by atoms with E-state index in [1.807, 2.05) is 37.6 Å². The van der Waals surface area contributed by atoms with Crippen LogP contribution in [0.3, 0.4) is 0 Å². The number of nitrogens with one attached hydrogen (secondary N) is 1. The molecule has 124 valence electrons. The van der Waals surface area contributed by atoms with Crippen LogP contribution in [0, 0.1) is 5.92 Å². The van der Waals surface area contributed by atoms with Crippen LogP contribution in [0.25, 0.3) is 0 Å². The van der Waals surface area contributed by atoms with Gasteiger partial charge in [0.2, 0.25) is 0 Å². The predicted octanol–water partition coefficient (Wildman–Crippen LogP) is 3.09. The minimum atomic E-state index is 0.0240. The molecule has 2 aromatic rings. The fourth-order valence-corrected chi connectivity index (χ4v) is 3.67. The van der Waals surface area contributed by atoms with E-state index in [-0.39, 0.29) is 6.04 Å². The number of benzene rings is 1. The van der Waals surface area contributed by atoms with Crippen molar-refractivity contribution in [2.75, 3.05) is 26.7 Å². The summed E-state index contributed by atoms with van der Waals surface area (Å²) in [4.78, 5) is 6.96. The van der Waals surface area contributed by atoms with Crippen LogP contribution < -0.4 is 5.32 Å². The number of likely N-dealkylation sites (tertiary alicyclic amines) is 1. The average molecular weight is 333 g/mol. The van der Waals surface area contributed by atoms with Gasteiger partial charge in [-0.25, -0.2) is 4.98 Å². The van der Waals surface area contributed by atoms with E-state index in [0.29, 0.717) is 5.92 Å². The van der Waals surface area contributed by atoms with Gasteiger partial charge in [0, 0.05) is 37.6 Å². The lowest BCUT2D eigenvalue weighted by atomic mass is 9.97. The molecule has 0 unspecified atom stereocenters. The van der Waals surface area contributed by atoms with Crippen LogP contribution >= 0.6 is 11.6 Å². The number of aryl methyl sites for hydroxylation is 1. The molecule has 0 aliphatic carbocycles. The van der Waals surface area contributed by atoms with Crippen molar-refractivity contribution in [3.63, 3.8) is 0 Å². The molecule has 1 aliphatic heterocycles. The van der Waals surface area contributed by atoms with Gasteiger partial charge in [-0.1, -0.05) is 29.8 Å². The Balaban J connectivity index is 1.79. The van der Waals surface area contributed by atoms with Gasteiger partial charge in [0.25, 0.3) is 0 Å². The summed E-state index contributed by atoms with van der Waals surface area (Å²) in [5.41, 5.74) is 1.09. The monoisotopic (exact) mass is 332 g/mol. The zero-order valence-corrected chi connectivity index (χ0v) is 14.6. The molecule has 0 radical (unpaired) electrons. The quantitative estimate of drug-likeness (QED) is 0.913. The van der Waals surface area contributed by atoms with Gasteiger partial charge in [-0.2, -0.15) is 0 Å². The molecule has 0 spiro atoms. The molecule has 1 aliphatic rings. The topological polar surface area (TPSA) is 33.1 Å². The third-order valence-corrected chi connectivity index (χ3v) is 5.01. The van der Waals surface area contributed by atoms with E-state index in [0.717, 1.165) is 29.5 Å². The maximum Gasteiger partial charge on any atom is 0.130 e. The van der Waals surface area contributed by atoms with Crippen molar-refractivity contribution in [3.8, 4) is 0 Å². The number of piperidine rings is 1. The summed E-state index contributed by atoms with van der Waals surface area (Å²) in [6.07, 6.45) is 6.39. The van der Waals surface area contributed by atoms with Gasteiger partial charge in [0.1, 0.15) is 5.82 Å². The van der Waals surface area contributed by atoms with Crippen LogP contribution in [0.15, 0.2) is 36.7 Å². The summed E-state index contributed by atoms with van der Waals surface area (Å²) in [6.45, 7) is 3.35. The normalized spacial score (nSPS) is 20.6. The van der Waals surface area contributed by atoms with Crippen molar-refractivity contribution in [2.45, 2.75) is 18.9 Å². The Morgan fingerprint density at radius 1 is 1.35 bits per heavy atom.